The van der Waals surface area contributed by atoms with Crippen LogP contribution in [0.4, 0.5) is 5.88 Å². The molecule has 2 heterocycles. The van der Waals surface area contributed by atoms with Crippen molar-refractivity contribution in [3.8, 4) is 34.5 Å². The van der Waals surface area contributed by atoms with Gasteiger partial charge in [0.2, 0.25) is 26.6 Å². The van der Waals surface area contributed by atoms with Gasteiger partial charge >= 0.3 is 0 Å². The summed E-state index contributed by atoms with van der Waals surface area (Å²) in [6, 6.07) is 19.3. The second kappa shape index (κ2) is 10.4. The van der Waals surface area contributed by atoms with E-state index in [-0.39, 0.29) is 21.7 Å². The van der Waals surface area contributed by atoms with E-state index in [9.17, 15) is 8.42 Å². The number of sulfone groups is 1. The Morgan fingerprint density at radius 3 is 2.41 bits per heavy atom. The molecule has 0 bridgehead atoms. The number of fused-ring (bicyclic) bond motifs is 1. The molecule has 1 aliphatic rings. The van der Waals surface area contributed by atoms with Gasteiger partial charge in [0.15, 0.2) is 23.0 Å². The molecule has 37 heavy (non-hydrogen) atoms. The van der Waals surface area contributed by atoms with Crippen LogP contribution in [0, 0.1) is 0 Å². The molecule has 0 saturated heterocycles. The molecule has 192 valence electrons. The zero-order valence-electron chi connectivity index (χ0n) is 20.4. The Morgan fingerprint density at radius 2 is 1.65 bits per heavy atom. The van der Waals surface area contributed by atoms with Crippen molar-refractivity contribution in [1.29, 1.82) is 0 Å². The first kappa shape index (κ1) is 24.5. The second-order valence-corrected chi connectivity index (χ2v) is 10.1. The predicted octanol–water partition coefficient (Wildman–Crippen LogP) is 4.62. The van der Waals surface area contributed by atoms with Crippen molar-refractivity contribution >= 4 is 15.7 Å². The van der Waals surface area contributed by atoms with Gasteiger partial charge in [-0.15, -0.1) is 0 Å². The normalized spacial score (nSPS) is 12.7. The van der Waals surface area contributed by atoms with Gasteiger partial charge in [0.1, 0.15) is 13.2 Å². The fraction of sp³-hybridized carbons (Fsp3) is 0.222. The summed E-state index contributed by atoms with van der Waals surface area (Å²) >= 11 is 0. The predicted molar refractivity (Wildman–Crippen MR) is 137 cm³/mol. The van der Waals surface area contributed by atoms with Gasteiger partial charge in [0, 0.05) is 18.2 Å². The van der Waals surface area contributed by atoms with E-state index in [2.05, 4.69) is 10.3 Å². The molecule has 4 aromatic rings. The molecule has 1 aromatic heterocycles. The van der Waals surface area contributed by atoms with E-state index >= 15 is 0 Å². The van der Waals surface area contributed by atoms with Crippen molar-refractivity contribution in [3.63, 3.8) is 0 Å². The highest BCUT2D eigenvalue weighted by Crippen LogP contribution is 2.37. The van der Waals surface area contributed by atoms with Crippen molar-refractivity contribution in [2.24, 2.45) is 0 Å². The molecule has 1 N–H and O–H groups in total. The fourth-order valence-corrected chi connectivity index (χ4v) is 5.26. The number of anilines is 1. The molecule has 10 heteroatoms. The lowest BCUT2D eigenvalue weighted by atomic mass is 10.1. The molecule has 0 spiro atoms. The van der Waals surface area contributed by atoms with Gasteiger partial charge < -0.3 is 28.7 Å². The van der Waals surface area contributed by atoms with Gasteiger partial charge in [-0.1, -0.05) is 24.3 Å². The largest absolute Gasteiger partial charge is 0.493 e. The number of oxazole rings is 1. The average Bonchev–Trinajstić information content (AvgIpc) is 3.38. The van der Waals surface area contributed by atoms with Gasteiger partial charge in [-0.05, 0) is 48.4 Å². The Kier molecular flexibility index (Phi) is 6.91. The van der Waals surface area contributed by atoms with Crippen LogP contribution in [0.5, 0.6) is 23.0 Å². The fourth-order valence-electron chi connectivity index (χ4n) is 3.96. The quantitative estimate of drug-likeness (QED) is 0.337. The highest BCUT2D eigenvalue weighted by Gasteiger charge is 2.30. The van der Waals surface area contributed by atoms with Crippen LogP contribution >= 0.6 is 0 Å². The average molecular weight is 523 g/mol. The molecule has 0 unspecified atom stereocenters. The Morgan fingerprint density at radius 1 is 0.892 bits per heavy atom. The summed E-state index contributed by atoms with van der Waals surface area (Å²) in [4.78, 5) is 4.43. The molecule has 9 nitrogen and oxygen atoms in total. The minimum atomic E-state index is -4.04. The van der Waals surface area contributed by atoms with Crippen LogP contribution in [0.3, 0.4) is 0 Å². The zero-order chi connectivity index (χ0) is 25.8. The van der Waals surface area contributed by atoms with E-state index in [4.69, 9.17) is 23.4 Å². The minimum absolute atomic E-state index is 0.0348. The van der Waals surface area contributed by atoms with Crippen molar-refractivity contribution in [2.45, 2.75) is 16.3 Å². The van der Waals surface area contributed by atoms with Crippen molar-refractivity contribution in [2.75, 3.05) is 39.3 Å². The molecule has 0 atom stereocenters. The second-order valence-electron chi connectivity index (χ2n) is 8.19. The summed E-state index contributed by atoms with van der Waals surface area (Å²) < 4.78 is 55.1. The van der Waals surface area contributed by atoms with E-state index in [0.717, 1.165) is 5.56 Å². The van der Waals surface area contributed by atoms with Crippen LogP contribution in [0.15, 0.2) is 81.1 Å². The first-order valence-corrected chi connectivity index (χ1v) is 13.1. The first-order chi connectivity index (χ1) is 18.0. The molecule has 0 saturated carbocycles. The van der Waals surface area contributed by atoms with Gasteiger partial charge in [-0.2, -0.15) is 4.98 Å². The number of ether oxygens (including phenoxy) is 4. The molecule has 3 aromatic carbocycles. The molecule has 0 radical (unpaired) electrons. The number of rotatable bonds is 9. The summed E-state index contributed by atoms with van der Waals surface area (Å²) in [7, 11) is -0.886. The smallest absolute Gasteiger partial charge is 0.233 e. The number of benzene rings is 3. The Balaban J connectivity index is 1.45. The topological polar surface area (TPSA) is 109 Å². The summed E-state index contributed by atoms with van der Waals surface area (Å²) in [6.45, 7) is 1.15. The number of hydrogen-bond donors (Lipinski definition) is 1. The summed E-state index contributed by atoms with van der Waals surface area (Å²) in [5.41, 5.74) is 1.64. The van der Waals surface area contributed by atoms with E-state index in [0.29, 0.717) is 54.7 Å². The molecule has 1 aliphatic heterocycles. The third-order valence-electron chi connectivity index (χ3n) is 5.84. The van der Waals surface area contributed by atoms with Crippen LogP contribution in [0.1, 0.15) is 5.56 Å². The molecule has 5 rings (SSSR count). The molecular weight excluding hydrogens is 496 g/mol. The number of nitrogens with one attached hydrogen (secondary N) is 1. The van der Waals surface area contributed by atoms with Crippen LogP contribution in [-0.2, 0) is 16.3 Å². The molecule has 0 amide bonds. The van der Waals surface area contributed by atoms with Crippen LogP contribution in [0.2, 0.25) is 0 Å². The van der Waals surface area contributed by atoms with Crippen LogP contribution < -0.4 is 24.3 Å². The third-order valence-corrected chi connectivity index (χ3v) is 7.50. The van der Waals surface area contributed by atoms with Crippen molar-refractivity contribution in [1.82, 2.24) is 4.98 Å². The maximum atomic E-state index is 13.7. The highest BCUT2D eigenvalue weighted by molar-refractivity contribution is 7.91. The number of nitrogens with zero attached hydrogens (tertiary/aromatic N) is 1. The number of aromatic nitrogens is 1. The standard InChI is InChI=1S/C27H26N2O7S/c1-32-21-10-8-18(16-23(21)33-2)12-13-28-26-27(29-25(36-26)19-6-4-3-5-7-19)37(30,31)20-9-11-22-24(17-20)35-15-14-34-22/h3-11,16-17,28H,12-15H2,1-2H3. The maximum absolute atomic E-state index is 13.7. The SMILES string of the molecule is COc1ccc(CCNc2oc(-c3ccccc3)nc2S(=O)(=O)c2ccc3c(c2)OCCO3)cc1OC. The lowest BCUT2D eigenvalue weighted by Gasteiger charge is -2.18. The maximum Gasteiger partial charge on any atom is 0.233 e. The number of hydrogen-bond acceptors (Lipinski definition) is 9. The third kappa shape index (κ3) is 5.05. The van der Waals surface area contributed by atoms with E-state index < -0.39 is 9.84 Å². The minimum Gasteiger partial charge on any atom is -0.493 e. The summed E-state index contributed by atoms with van der Waals surface area (Å²) in [5.74, 6) is 2.40. The summed E-state index contributed by atoms with van der Waals surface area (Å²) in [5, 5.41) is 2.92. The molecule has 0 aliphatic carbocycles. The monoisotopic (exact) mass is 522 g/mol. The Labute approximate surface area is 214 Å². The lowest BCUT2D eigenvalue weighted by Crippen LogP contribution is -2.16. The van der Waals surface area contributed by atoms with Gasteiger partial charge in [-0.25, -0.2) is 8.42 Å². The lowest BCUT2D eigenvalue weighted by molar-refractivity contribution is 0.171. The molecule has 0 fully saturated rings. The van der Waals surface area contributed by atoms with Gasteiger partial charge in [-0.3, -0.25) is 0 Å². The van der Waals surface area contributed by atoms with E-state index in [1.54, 1.807) is 32.4 Å². The van der Waals surface area contributed by atoms with E-state index in [1.807, 2.05) is 36.4 Å². The Hall–Kier alpha value is -4.18. The number of methoxy groups -OCH3 is 2. The zero-order valence-corrected chi connectivity index (χ0v) is 21.2. The first-order valence-electron chi connectivity index (χ1n) is 11.7. The van der Waals surface area contributed by atoms with Crippen molar-refractivity contribution < 1.29 is 31.8 Å². The van der Waals surface area contributed by atoms with E-state index in [1.165, 1.54) is 12.1 Å². The van der Waals surface area contributed by atoms with Crippen molar-refractivity contribution in [3.05, 3.63) is 72.3 Å². The summed E-state index contributed by atoms with van der Waals surface area (Å²) in [6.07, 6.45) is 0.575. The van der Waals surface area contributed by atoms with Crippen LogP contribution in [0.25, 0.3) is 11.5 Å². The van der Waals surface area contributed by atoms with Gasteiger partial charge in [0.05, 0.1) is 19.1 Å². The molecular formula is C27H26N2O7S. The highest BCUT2D eigenvalue weighted by atomic mass is 32.2. The Bertz CT molecular complexity index is 1500. The van der Waals surface area contributed by atoms with Gasteiger partial charge in [0.25, 0.3) is 0 Å². The van der Waals surface area contributed by atoms with Crippen LogP contribution in [-0.4, -0.2) is 47.4 Å².